The molecule has 1 heterocycles. The van der Waals surface area contributed by atoms with Gasteiger partial charge in [-0.15, -0.1) is 0 Å². The SMILES string of the molecule is CCN(CC)Cc1ccc(C(=O)NNC(=O)CCNS(=O)(=O)c2c(C)c(C)c(C)c(C)c2C)o1. The van der Waals surface area contributed by atoms with E-state index in [1.807, 2.05) is 34.6 Å². The summed E-state index contributed by atoms with van der Waals surface area (Å²) in [7, 11) is -3.80. The molecule has 1 aromatic heterocycles. The average Bonchev–Trinajstić information content (AvgIpc) is 3.26. The van der Waals surface area contributed by atoms with E-state index in [2.05, 4.69) is 20.5 Å². The van der Waals surface area contributed by atoms with Gasteiger partial charge in [0, 0.05) is 13.0 Å². The van der Waals surface area contributed by atoms with E-state index < -0.39 is 21.8 Å². The highest BCUT2D eigenvalue weighted by Crippen LogP contribution is 2.29. The monoisotopic (exact) mass is 492 g/mol. The van der Waals surface area contributed by atoms with Gasteiger partial charge in [-0.25, -0.2) is 13.1 Å². The molecule has 9 nitrogen and oxygen atoms in total. The summed E-state index contributed by atoms with van der Waals surface area (Å²) in [6, 6.07) is 3.27. The Labute approximate surface area is 202 Å². The fraction of sp³-hybridized carbons (Fsp3) is 0.500. The molecule has 0 fully saturated rings. The molecule has 2 aromatic rings. The molecule has 34 heavy (non-hydrogen) atoms. The van der Waals surface area contributed by atoms with Crippen LogP contribution in [-0.4, -0.2) is 44.8 Å². The van der Waals surface area contributed by atoms with E-state index in [9.17, 15) is 18.0 Å². The van der Waals surface area contributed by atoms with Crippen molar-refractivity contribution in [2.75, 3.05) is 19.6 Å². The van der Waals surface area contributed by atoms with Crippen molar-refractivity contribution in [1.29, 1.82) is 0 Å². The minimum atomic E-state index is -3.80. The van der Waals surface area contributed by atoms with Crippen molar-refractivity contribution >= 4 is 21.8 Å². The zero-order chi connectivity index (χ0) is 25.6. The maximum absolute atomic E-state index is 12.9. The van der Waals surface area contributed by atoms with Crippen LogP contribution in [0, 0.1) is 34.6 Å². The molecule has 0 saturated carbocycles. The second kappa shape index (κ2) is 11.6. The second-order valence-corrected chi connectivity index (χ2v) is 10.0. The molecule has 1 aromatic carbocycles. The lowest BCUT2D eigenvalue weighted by Gasteiger charge is -2.19. The van der Waals surface area contributed by atoms with Crippen molar-refractivity contribution in [3.63, 3.8) is 0 Å². The van der Waals surface area contributed by atoms with Crippen LogP contribution in [-0.2, 0) is 21.4 Å². The van der Waals surface area contributed by atoms with E-state index >= 15 is 0 Å². The molecule has 2 amide bonds. The summed E-state index contributed by atoms with van der Waals surface area (Å²) in [6.07, 6.45) is -0.146. The number of carbonyl (C=O) groups excluding carboxylic acids is 2. The smallest absolute Gasteiger partial charge is 0.305 e. The first-order valence-corrected chi connectivity index (χ1v) is 12.9. The largest absolute Gasteiger partial charge is 0.454 e. The highest BCUT2D eigenvalue weighted by Gasteiger charge is 2.23. The minimum Gasteiger partial charge on any atom is -0.454 e. The lowest BCUT2D eigenvalue weighted by Crippen LogP contribution is -2.42. The van der Waals surface area contributed by atoms with Gasteiger partial charge in [0.25, 0.3) is 0 Å². The van der Waals surface area contributed by atoms with Crippen LogP contribution in [0.3, 0.4) is 0 Å². The Bertz CT molecular complexity index is 1120. The van der Waals surface area contributed by atoms with Crippen LogP contribution in [0.25, 0.3) is 0 Å². The first-order valence-electron chi connectivity index (χ1n) is 11.4. The highest BCUT2D eigenvalue weighted by molar-refractivity contribution is 7.89. The number of amides is 2. The number of furan rings is 1. The van der Waals surface area contributed by atoms with Crippen molar-refractivity contribution in [2.24, 2.45) is 0 Å². The molecule has 0 unspecified atom stereocenters. The summed E-state index contributed by atoms with van der Waals surface area (Å²) in [6.45, 7) is 15.6. The third-order valence-corrected chi connectivity index (χ3v) is 8.05. The lowest BCUT2D eigenvalue weighted by molar-refractivity contribution is -0.121. The molecular formula is C24H36N4O5S. The summed E-state index contributed by atoms with van der Waals surface area (Å²) >= 11 is 0. The van der Waals surface area contributed by atoms with Gasteiger partial charge >= 0.3 is 5.91 Å². The third kappa shape index (κ3) is 6.46. The van der Waals surface area contributed by atoms with Gasteiger partial charge in [0.2, 0.25) is 15.9 Å². The fourth-order valence-electron chi connectivity index (χ4n) is 3.74. The van der Waals surface area contributed by atoms with E-state index in [1.165, 1.54) is 0 Å². The number of hydrazine groups is 1. The van der Waals surface area contributed by atoms with Crippen molar-refractivity contribution < 1.29 is 22.4 Å². The normalized spacial score (nSPS) is 11.6. The maximum Gasteiger partial charge on any atom is 0.305 e. The van der Waals surface area contributed by atoms with E-state index in [4.69, 9.17) is 4.42 Å². The lowest BCUT2D eigenvalue weighted by atomic mass is 9.95. The Hall–Kier alpha value is -2.69. The average molecular weight is 493 g/mol. The van der Waals surface area contributed by atoms with Crippen molar-refractivity contribution in [3.8, 4) is 0 Å². The van der Waals surface area contributed by atoms with Gasteiger partial charge in [-0.2, -0.15) is 0 Å². The van der Waals surface area contributed by atoms with Gasteiger partial charge in [0.05, 0.1) is 11.4 Å². The predicted molar refractivity (Wildman–Crippen MR) is 131 cm³/mol. The van der Waals surface area contributed by atoms with Crippen molar-refractivity contribution in [3.05, 3.63) is 51.5 Å². The maximum atomic E-state index is 12.9. The van der Waals surface area contributed by atoms with Gasteiger partial charge in [-0.05, 0) is 87.7 Å². The number of benzene rings is 1. The summed E-state index contributed by atoms with van der Waals surface area (Å²) in [5.74, 6) is -0.381. The molecule has 10 heteroatoms. The number of rotatable bonds is 10. The summed E-state index contributed by atoms with van der Waals surface area (Å²) in [5, 5.41) is 0. The highest BCUT2D eigenvalue weighted by atomic mass is 32.2. The molecule has 0 saturated heterocycles. The van der Waals surface area contributed by atoms with Crippen LogP contribution in [0.2, 0.25) is 0 Å². The standard InChI is InChI=1S/C24H36N4O5S/c1-8-28(9-2)14-20-10-11-21(33-20)24(30)27-26-22(29)12-13-25-34(31,32)23-18(6)16(4)15(3)17(5)19(23)7/h10-11,25H,8-9,12-14H2,1-7H3,(H,26,29)(H,27,30). The number of nitrogens with one attached hydrogen (secondary N) is 3. The van der Waals surface area contributed by atoms with E-state index in [-0.39, 0.29) is 23.6 Å². The number of nitrogens with zero attached hydrogens (tertiary/aromatic N) is 1. The number of carbonyl (C=O) groups is 2. The molecule has 2 rings (SSSR count). The topological polar surface area (TPSA) is 121 Å². The van der Waals surface area contributed by atoms with Gasteiger partial charge in [-0.1, -0.05) is 13.8 Å². The fourth-order valence-corrected chi connectivity index (χ4v) is 5.37. The van der Waals surface area contributed by atoms with Crippen LogP contribution < -0.4 is 15.6 Å². The van der Waals surface area contributed by atoms with Gasteiger partial charge in [0.15, 0.2) is 5.76 Å². The van der Waals surface area contributed by atoms with E-state index in [1.54, 1.807) is 26.0 Å². The number of sulfonamides is 1. The third-order valence-electron chi connectivity index (χ3n) is 6.32. The molecule has 0 radical (unpaired) electrons. The van der Waals surface area contributed by atoms with E-state index in [0.717, 1.165) is 29.8 Å². The molecular weight excluding hydrogens is 456 g/mol. The number of hydrogen-bond donors (Lipinski definition) is 3. The Morgan fingerprint density at radius 2 is 1.44 bits per heavy atom. The quantitative estimate of drug-likeness (QED) is 0.439. The Morgan fingerprint density at radius 1 is 0.882 bits per heavy atom. The molecule has 0 atom stereocenters. The first-order chi connectivity index (χ1) is 15.9. The molecule has 188 valence electrons. The molecule has 0 aliphatic heterocycles. The van der Waals surface area contributed by atoms with Gasteiger partial charge in [-0.3, -0.25) is 25.3 Å². The Balaban J connectivity index is 1.90. The zero-order valence-corrected chi connectivity index (χ0v) is 21.9. The summed E-state index contributed by atoms with van der Waals surface area (Å²) in [4.78, 5) is 26.7. The Morgan fingerprint density at radius 3 is 2.00 bits per heavy atom. The summed E-state index contributed by atoms with van der Waals surface area (Å²) in [5.41, 5.74) is 8.90. The van der Waals surface area contributed by atoms with E-state index in [0.29, 0.717) is 23.4 Å². The van der Waals surface area contributed by atoms with Crippen LogP contribution in [0.4, 0.5) is 0 Å². The van der Waals surface area contributed by atoms with Crippen LogP contribution >= 0.6 is 0 Å². The van der Waals surface area contributed by atoms with Crippen LogP contribution in [0.5, 0.6) is 0 Å². The molecule has 0 aliphatic rings. The Kier molecular flexibility index (Phi) is 9.43. The molecule has 0 aliphatic carbocycles. The van der Waals surface area contributed by atoms with Gasteiger partial charge in [0.1, 0.15) is 5.76 Å². The number of hydrogen-bond acceptors (Lipinski definition) is 6. The van der Waals surface area contributed by atoms with Crippen LogP contribution in [0.1, 0.15) is 64.4 Å². The molecule has 0 spiro atoms. The predicted octanol–water partition coefficient (Wildman–Crippen LogP) is 2.79. The zero-order valence-electron chi connectivity index (χ0n) is 21.1. The molecule has 3 N–H and O–H groups in total. The van der Waals surface area contributed by atoms with Crippen molar-refractivity contribution in [2.45, 2.75) is 66.3 Å². The first kappa shape index (κ1) is 27.6. The second-order valence-electron chi connectivity index (χ2n) is 8.33. The van der Waals surface area contributed by atoms with Crippen LogP contribution in [0.15, 0.2) is 21.4 Å². The van der Waals surface area contributed by atoms with Gasteiger partial charge < -0.3 is 4.42 Å². The minimum absolute atomic E-state index is 0.0826. The van der Waals surface area contributed by atoms with Crippen molar-refractivity contribution in [1.82, 2.24) is 20.5 Å². The molecule has 0 bridgehead atoms. The summed E-state index contributed by atoms with van der Waals surface area (Å²) < 4.78 is 33.9.